The Balaban J connectivity index is 2.91. The van der Waals surface area contributed by atoms with Crippen molar-refractivity contribution in [1.29, 1.82) is 0 Å². The zero-order valence-electron chi connectivity index (χ0n) is 10.2. The highest BCUT2D eigenvalue weighted by Crippen LogP contribution is 2.15. The summed E-state index contributed by atoms with van der Waals surface area (Å²) in [6.45, 7) is 1.98. The molecule has 4 nitrogen and oxygen atoms in total. The van der Waals surface area contributed by atoms with Crippen molar-refractivity contribution < 1.29 is 14.3 Å². The highest BCUT2D eigenvalue weighted by atomic mass is 32.2. The molecule has 0 aromatic heterocycles. The summed E-state index contributed by atoms with van der Waals surface area (Å²) in [5, 5.41) is 0.784. The largest absolute Gasteiger partial charge is 0.462 e. The van der Waals surface area contributed by atoms with Gasteiger partial charge in [0.1, 0.15) is 5.57 Å². The van der Waals surface area contributed by atoms with Crippen molar-refractivity contribution in [3.8, 4) is 0 Å². The van der Waals surface area contributed by atoms with Crippen molar-refractivity contribution in [2.75, 3.05) is 12.9 Å². The number of aliphatic imine (C=N–C) groups is 1. The molecule has 1 aliphatic heterocycles. The average Bonchev–Trinajstić information content (AvgIpc) is 2.39. The maximum absolute atomic E-state index is 11.8. The first kappa shape index (κ1) is 14.0. The second kappa shape index (κ2) is 7.27. The van der Waals surface area contributed by atoms with E-state index in [1.165, 1.54) is 11.8 Å². The van der Waals surface area contributed by atoms with Crippen LogP contribution < -0.4 is 0 Å². The van der Waals surface area contributed by atoms with Crippen LogP contribution in [0.2, 0.25) is 0 Å². The molecule has 0 radical (unpaired) electrons. The third kappa shape index (κ3) is 4.34. The van der Waals surface area contributed by atoms with Crippen LogP contribution in [0.15, 0.2) is 16.6 Å². The van der Waals surface area contributed by atoms with Crippen molar-refractivity contribution in [2.45, 2.75) is 32.6 Å². The fourth-order valence-corrected chi connectivity index (χ4v) is 2.03. The van der Waals surface area contributed by atoms with Gasteiger partial charge in [-0.05, 0) is 38.9 Å². The third-order valence-corrected chi connectivity index (χ3v) is 3.15. The van der Waals surface area contributed by atoms with Crippen LogP contribution in [0, 0.1) is 0 Å². The summed E-state index contributed by atoms with van der Waals surface area (Å²) in [5.41, 5.74) is 0.0697. The van der Waals surface area contributed by atoms with E-state index in [4.69, 9.17) is 4.74 Å². The van der Waals surface area contributed by atoms with E-state index in [2.05, 4.69) is 4.99 Å². The SMILES string of the molecule is CCOC(=O)C1=CCCCCC(SC)=NC1=O. The predicted octanol–water partition coefficient (Wildman–Crippen LogP) is 2.34. The summed E-state index contributed by atoms with van der Waals surface area (Å²) in [5.74, 6) is -1.04. The second-order valence-electron chi connectivity index (χ2n) is 3.60. The number of carbonyl (C=O) groups is 2. The molecule has 0 saturated heterocycles. The maximum atomic E-state index is 11.8. The molecule has 94 valence electrons. The fourth-order valence-electron chi connectivity index (χ4n) is 1.51. The standard InChI is InChI=1S/C12H17NO3S/c1-3-16-12(15)9-7-5-4-6-8-10(17-2)13-11(9)14/h7H,3-6,8H2,1-2H3. The molecule has 0 unspecified atom stereocenters. The summed E-state index contributed by atoms with van der Waals surface area (Å²) in [6, 6.07) is 0. The van der Waals surface area contributed by atoms with Crippen LogP contribution in [0.5, 0.6) is 0 Å². The van der Waals surface area contributed by atoms with Gasteiger partial charge in [0.05, 0.1) is 11.7 Å². The molecule has 1 aliphatic rings. The van der Waals surface area contributed by atoms with Gasteiger partial charge in [0.15, 0.2) is 0 Å². The summed E-state index contributed by atoms with van der Waals surface area (Å²) < 4.78 is 4.85. The lowest BCUT2D eigenvalue weighted by Gasteiger charge is -2.03. The second-order valence-corrected chi connectivity index (χ2v) is 4.48. The molecule has 0 bridgehead atoms. The zero-order valence-corrected chi connectivity index (χ0v) is 11.0. The monoisotopic (exact) mass is 255 g/mol. The molecule has 0 saturated carbocycles. The van der Waals surface area contributed by atoms with E-state index in [1.54, 1.807) is 13.0 Å². The first-order valence-corrected chi connectivity index (χ1v) is 6.94. The summed E-state index contributed by atoms with van der Waals surface area (Å²) >= 11 is 1.46. The van der Waals surface area contributed by atoms with Gasteiger partial charge in [0, 0.05) is 0 Å². The van der Waals surface area contributed by atoms with Crippen LogP contribution in [-0.4, -0.2) is 29.8 Å². The van der Waals surface area contributed by atoms with Crippen LogP contribution in [0.4, 0.5) is 0 Å². The lowest BCUT2D eigenvalue weighted by atomic mass is 10.1. The molecular formula is C12H17NO3S. The Hall–Kier alpha value is -1.10. The van der Waals surface area contributed by atoms with E-state index in [0.717, 1.165) is 30.7 Å². The number of nitrogens with zero attached hydrogens (tertiary/aromatic N) is 1. The van der Waals surface area contributed by atoms with E-state index >= 15 is 0 Å². The Morgan fingerprint density at radius 3 is 2.94 bits per heavy atom. The molecule has 1 rings (SSSR count). The number of hydrogen-bond donors (Lipinski definition) is 0. The first-order chi connectivity index (χ1) is 8.19. The summed E-state index contributed by atoms with van der Waals surface area (Å²) in [4.78, 5) is 27.4. The van der Waals surface area contributed by atoms with Crippen molar-refractivity contribution in [3.63, 3.8) is 0 Å². The molecule has 0 atom stereocenters. The molecule has 17 heavy (non-hydrogen) atoms. The number of carbonyl (C=O) groups excluding carboxylic acids is 2. The minimum absolute atomic E-state index is 0.0697. The molecule has 1 amide bonds. The smallest absolute Gasteiger partial charge is 0.343 e. The van der Waals surface area contributed by atoms with Gasteiger partial charge in [0.25, 0.3) is 5.91 Å². The quantitative estimate of drug-likeness (QED) is 0.561. The molecule has 0 N–H and O–H groups in total. The van der Waals surface area contributed by atoms with E-state index in [0.29, 0.717) is 0 Å². The Bertz CT molecular complexity index is 361. The highest BCUT2D eigenvalue weighted by molar-refractivity contribution is 8.13. The van der Waals surface area contributed by atoms with Crippen LogP contribution >= 0.6 is 11.8 Å². The molecule has 0 spiro atoms. The fraction of sp³-hybridized carbons (Fsp3) is 0.583. The van der Waals surface area contributed by atoms with E-state index in [9.17, 15) is 9.59 Å². The van der Waals surface area contributed by atoms with Crippen molar-refractivity contribution >= 4 is 28.7 Å². The lowest BCUT2D eigenvalue weighted by molar-refractivity contribution is -0.139. The number of rotatable bonds is 2. The predicted molar refractivity (Wildman–Crippen MR) is 69.1 cm³/mol. The maximum Gasteiger partial charge on any atom is 0.343 e. The number of allylic oxidation sites excluding steroid dienone is 1. The topological polar surface area (TPSA) is 55.7 Å². The number of ether oxygens (including phenoxy) is 1. The van der Waals surface area contributed by atoms with Crippen LogP contribution in [0.1, 0.15) is 32.6 Å². The number of thioether (sulfide) groups is 1. The van der Waals surface area contributed by atoms with Crippen LogP contribution in [-0.2, 0) is 14.3 Å². The molecule has 5 heteroatoms. The molecule has 0 aromatic rings. The molecule has 0 aliphatic carbocycles. The Morgan fingerprint density at radius 2 is 2.29 bits per heavy atom. The Kier molecular flexibility index (Phi) is 5.97. The molecule has 0 aromatic carbocycles. The number of hydrogen-bond acceptors (Lipinski definition) is 4. The number of amides is 1. The van der Waals surface area contributed by atoms with E-state index in [-0.39, 0.29) is 12.2 Å². The summed E-state index contributed by atoms with van der Waals surface area (Å²) in [6.07, 6.45) is 6.99. The normalized spacial score (nSPS) is 17.4. The number of esters is 1. The van der Waals surface area contributed by atoms with E-state index < -0.39 is 11.9 Å². The summed E-state index contributed by atoms with van der Waals surface area (Å²) in [7, 11) is 0. The Morgan fingerprint density at radius 1 is 1.53 bits per heavy atom. The molecule has 0 fully saturated rings. The van der Waals surface area contributed by atoms with Crippen molar-refractivity contribution in [2.24, 2.45) is 4.99 Å². The average molecular weight is 255 g/mol. The van der Waals surface area contributed by atoms with Gasteiger partial charge in [-0.1, -0.05) is 6.08 Å². The Labute approximate surface area is 106 Å². The van der Waals surface area contributed by atoms with Crippen molar-refractivity contribution in [1.82, 2.24) is 0 Å². The van der Waals surface area contributed by atoms with Crippen LogP contribution in [0.3, 0.4) is 0 Å². The minimum atomic E-state index is -0.566. The molecule has 1 heterocycles. The van der Waals surface area contributed by atoms with Gasteiger partial charge in [-0.15, -0.1) is 11.8 Å². The van der Waals surface area contributed by atoms with Gasteiger partial charge < -0.3 is 4.74 Å². The zero-order chi connectivity index (χ0) is 12.7. The van der Waals surface area contributed by atoms with Gasteiger partial charge in [0.2, 0.25) is 0 Å². The van der Waals surface area contributed by atoms with Gasteiger partial charge in [-0.25, -0.2) is 9.79 Å². The van der Waals surface area contributed by atoms with Crippen molar-refractivity contribution in [3.05, 3.63) is 11.6 Å². The van der Waals surface area contributed by atoms with Crippen LogP contribution in [0.25, 0.3) is 0 Å². The molecular weight excluding hydrogens is 238 g/mol. The first-order valence-electron chi connectivity index (χ1n) is 5.72. The minimum Gasteiger partial charge on any atom is -0.462 e. The van der Waals surface area contributed by atoms with Gasteiger partial charge in [-0.3, -0.25) is 4.79 Å². The van der Waals surface area contributed by atoms with Gasteiger partial charge in [-0.2, -0.15) is 0 Å². The lowest BCUT2D eigenvalue weighted by Crippen LogP contribution is -2.15. The highest BCUT2D eigenvalue weighted by Gasteiger charge is 2.20. The third-order valence-electron chi connectivity index (χ3n) is 2.38. The van der Waals surface area contributed by atoms with Gasteiger partial charge >= 0.3 is 5.97 Å². The van der Waals surface area contributed by atoms with E-state index in [1.807, 2.05) is 6.26 Å².